The first-order chi connectivity index (χ1) is 8.58. The van der Waals surface area contributed by atoms with E-state index in [1.165, 1.54) is 0 Å². The number of pyridine rings is 1. The Morgan fingerprint density at radius 2 is 2.17 bits per heavy atom. The van der Waals surface area contributed by atoms with Crippen molar-refractivity contribution in [2.24, 2.45) is 0 Å². The Morgan fingerprint density at radius 1 is 1.50 bits per heavy atom. The van der Waals surface area contributed by atoms with Gasteiger partial charge in [-0.1, -0.05) is 13.8 Å². The van der Waals surface area contributed by atoms with Crippen molar-refractivity contribution in [2.45, 2.75) is 26.8 Å². The molecular formula is C13H22N4O. The van der Waals surface area contributed by atoms with Gasteiger partial charge in [-0.2, -0.15) is 0 Å². The van der Waals surface area contributed by atoms with Gasteiger partial charge in [0.2, 0.25) is 0 Å². The minimum atomic E-state index is -0.215. The molecule has 1 rings (SSSR count). The molecular weight excluding hydrogens is 228 g/mol. The minimum absolute atomic E-state index is 0.0683. The Bertz CT molecular complexity index is 390. The zero-order valence-corrected chi connectivity index (χ0v) is 11.3. The highest BCUT2D eigenvalue weighted by molar-refractivity contribution is 5.97. The number of amides is 1. The third-order valence-electron chi connectivity index (χ3n) is 2.86. The lowest BCUT2D eigenvalue weighted by Crippen LogP contribution is -2.42. The number of aromatic nitrogens is 1. The summed E-state index contributed by atoms with van der Waals surface area (Å²) in [4.78, 5) is 18.2. The largest absolute Gasteiger partial charge is 0.397 e. The lowest BCUT2D eigenvalue weighted by Gasteiger charge is -2.23. The van der Waals surface area contributed by atoms with E-state index in [2.05, 4.69) is 29.0 Å². The Labute approximate surface area is 108 Å². The van der Waals surface area contributed by atoms with Crippen molar-refractivity contribution < 1.29 is 4.79 Å². The van der Waals surface area contributed by atoms with Crippen molar-refractivity contribution in [3.05, 3.63) is 24.0 Å². The molecule has 0 aliphatic carbocycles. The summed E-state index contributed by atoms with van der Waals surface area (Å²) in [6.07, 6.45) is 1.57. The Balaban J connectivity index is 2.57. The summed E-state index contributed by atoms with van der Waals surface area (Å²) in [5.41, 5.74) is 6.42. The SMILES string of the molecule is CCN(CC)CC(C)NC(=O)c1ncccc1N. The summed E-state index contributed by atoms with van der Waals surface area (Å²) in [7, 11) is 0. The molecule has 1 heterocycles. The highest BCUT2D eigenvalue weighted by atomic mass is 16.2. The number of rotatable bonds is 6. The highest BCUT2D eigenvalue weighted by Gasteiger charge is 2.14. The van der Waals surface area contributed by atoms with E-state index in [0.717, 1.165) is 19.6 Å². The predicted molar refractivity (Wildman–Crippen MR) is 73.4 cm³/mol. The molecule has 5 nitrogen and oxygen atoms in total. The zero-order valence-electron chi connectivity index (χ0n) is 11.3. The molecule has 0 aliphatic heterocycles. The van der Waals surface area contributed by atoms with Crippen molar-refractivity contribution in [3.8, 4) is 0 Å². The molecule has 1 amide bonds. The molecule has 0 radical (unpaired) electrons. The monoisotopic (exact) mass is 250 g/mol. The van der Waals surface area contributed by atoms with Gasteiger partial charge in [-0.15, -0.1) is 0 Å². The van der Waals surface area contributed by atoms with Crippen molar-refractivity contribution in [1.29, 1.82) is 0 Å². The Morgan fingerprint density at radius 3 is 2.72 bits per heavy atom. The van der Waals surface area contributed by atoms with Crippen molar-refractivity contribution >= 4 is 11.6 Å². The standard InChI is InChI=1S/C13H22N4O/c1-4-17(5-2)9-10(3)16-13(18)12-11(14)7-6-8-15-12/h6-8,10H,4-5,9,14H2,1-3H3,(H,16,18). The summed E-state index contributed by atoms with van der Waals surface area (Å²) >= 11 is 0. The molecule has 0 aromatic carbocycles. The van der Waals surface area contributed by atoms with Gasteiger partial charge < -0.3 is 16.0 Å². The second-order valence-corrected chi connectivity index (χ2v) is 4.30. The molecule has 1 aromatic rings. The van der Waals surface area contributed by atoms with Crippen LogP contribution in [0.5, 0.6) is 0 Å². The number of likely N-dealkylation sites (N-methyl/N-ethyl adjacent to an activating group) is 1. The second-order valence-electron chi connectivity index (χ2n) is 4.30. The predicted octanol–water partition coefficient (Wildman–Crippen LogP) is 1.12. The molecule has 0 spiro atoms. The number of anilines is 1. The number of nitrogen functional groups attached to an aromatic ring is 1. The lowest BCUT2D eigenvalue weighted by molar-refractivity contribution is 0.0926. The zero-order chi connectivity index (χ0) is 13.5. The van der Waals surface area contributed by atoms with Crippen molar-refractivity contribution in [3.63, 3.8) is 0 Å². The van der Waals surface area contributed by atoms with Gasteiger partial charge in [-0.05, 0) is 32.1 Å². The highest BCUT2D eigenvalue weighted by Crippen LogP contribution is 2.06. The molecule has 100 valence electrons. The van der Waals surface area contributed by atoms with E-state index in [4.69, 9.17) is 5.73 Å². The van der Waals surface area contributed by atoms with Crippen LogP contribution in [0.25, 0.3) is 0 Å². The molecule has 5 heteroatoms. The van der Waals surface area contributed by atoms with Gasteiger partial charge in [0.15, 0.2) is 5.69 Å². The number of nitrogens with one attached hydrogen (secondary N) is 1. The van der Waals surface area contributed by atoms with Gasteiger partial charge in [0.05, 0.1) is 5.69 Å². The van der Waals surface area contributed by atoms with Crippen LogP contribution in [0.4, 0.5) is 5.69 Å². The Kier molecular flexibility index (Phi) is 5.58. The fraction of sp³-hybridized carbons (Fsp3) is 0.538. The van der Waals surface area contributed by atoms with Crippen molar-refractivity contribution in [1.82, 2.24) is 15.2 Å². The number of carbonyl (C=O) groups excluding carboxylic acids is 1. The number of nitrogens with two attached hydrogens (primary N) is 1. The van der Waals surface area contributed by atoms with Crippen LogP contribution in [0.15, 0.2) is 18.3 Å². The maximum atomic E-state index is 12.0. The summed E-state index contributed by atoms with van der Waals surface area (Å²) in [5.74, 6) is -0.215. The lowest BCUT2D eigenvalue weighted by atomic mass is 10.2. The van der Waals surface area contributed by atoms with E-state index >= 15 is 0 Å². The summed E-state index contributed by atoms with van der Waals surface area (Å²) in [6.45, 7) is 8.97. The van der Waals surface area contributed by atoms with Gasteiger partial charge >= 0.3 is 0 Å². The van der Waals surface area contributed by atoms with Gasteiger partial charge in [-0.25, -0.2) is 4.98 Å². The van der Waals surface area contributed by atoms with Crippen LogP contribution >= 0.6 is 0 Å². The number of nitrogens with zero attached hydrogens (tertiary/aromatic N) is 2. The molecule has 0 aliphatic rings. The van der Waals surface area contributed by atoms with Crippen LogP contribution in [0.1, 0.15) is 31.3 Å². The van der Waals surface area contributed by atoms with Gasteiger partial charge in [-0.3, -0.25) is 4.79 Å². The maximum Gasteiger partial charge on any atom is 0.272 e. The normalized spacial score (nSPS) is 12.4. The van der Waals surface area contributed by atoms with Gasteiger partial charge in [0.25, 0.3) is 5.91 Å². The molecule has 1 unspecified atom stereocenters. The quantitative estimate of drug-likeness (QED) is 0.794. The third-order valence-corrected chi connectivity index (χ3v) is 2.86. The maximum absolute atomic E-state index is 12.0. The first-order valence-corrected chi connectivity index (χ1v) is 6.32. The molecule has 0 saturated carbocycles. The smallest absolute Gasteiger partial charge is 0.272 e. The first-order valence-electron chi connectivity index (χ1n) is 6.32. The van der Waals surface area contributed by atoms with Crippen LogP contribution in [0.2, 0.25) is 0 Å². The number of carbonyl (C=O) groups is 1. The van der Waals surface area contributed by atoms with Crippen LogP contribution in [0.3, 0.4) is 0 Å². The fourth-order valence-corrected chi connectivity index (χ4v) is 1.81. The fourth-order valence-electron chi connectivity index (χ4n) is 1.81. The van der Waals surface area contributed by atoms with Crippen molar-refractivity contribution in [2.75, 3.05) is 25.4 Å². The van der Waals surface area contributed by atoms with Gasteiger partial charge in [0, 0.05) is 18.8 Å². The molecule has 0 saturated heterocycles. The molecule has 1 aromatic heterocycles. The number of hydrogen-bond donors (Lipinski definition) is 2. The summed E-state index contributed by atoms with van der Waals surface area (Å²) in [5, 5.41) is 2.91. The second kappa shape index (κ2) is 6.96. The first kappa shape index (κ1) is 14.4. The topological polar surface area (TPSA) is 71.2 Å². The minimum Gasteiger partial charge on any atom is -0.397 e. The average molecular weight is 250 g/mol. The van der Waals surface area contributed by atoms with Crippen LogP contribution < -0.4 is 11.1 Å². The van der Waals surface area contributed by atoms with Crippen LogP contribution in [-0.4, -0.2) is 41.5 Å². The average Bonchev–Trinajstić information content (AvgIpc) is 2.36. The Hall–Kier alpha value is -1.62. The van der Waals surface area contributed by atoms with E-state index in [-0.39, 0.29) is 11.9 Å². The van der Waals surface area contributed by atoms with E-state index in [1.807, 2.05) is 6.92 Å². The van der Waals surface area contributed by atoms with E-state index in [0.29, 0.717) is 11.4 Å². The molecule has 0 bridgehead atoms. The van der Waals surface area contributed by atoms with Crippen LogP contribution in [0, 0.1) is 0 Å². The summed E-state index contributed by atoms with van der Waals surface area (Å²) < 4.78 is 0. The number of hydrogen-bond acceptors (Lipinski definition) is 4. The third kappa shape index (κ3) is 4.00. The van der Waals surface area contributed by atoms with Gasteiger partial charge in [0.1, 0.15) is 0 Å². The summed E-state index contributed by atoms with van der Waals surface area (Å²) in [6, 6.07) is 3.46. The van der Waals surface area contributed by atoms with E-state index in [1.54, 1.807) is 18.3 Å². The van der Waals surface area contributed by atoms with E-state index in [9.17, 15) is 4.79 Å². The van der Waals surface area contributed by atoms with E-state index < -0.39 is 0 Å². The molecule has 0 fully saturated rings. The van der Waals surface area contributed by atoms with Crippen LogP contribution in [-0.2, 0) is 0 Å². The molecule has 18 heavy (non-hydrogen) atoms. The molecule has 1 atom stereocenters. The molecule has 3 N–H and O–H groups in total.